The number of pyridine rings is 1. The Kier molecular flexibility index (Phi) is 6.34. The number of nitrogens with two attached hydrogens (primary N) is 1. The predicted molar refractivity (Wildman–Crippen MR) is 156 cm³/mol. The van der Waals surface area contributed by atoms with Gasteiger partial charge in [-0.2, -0.15) is 0 Å². The van der Waals surface area contributed by atoms with Crippen molar-refractivity contribution in [1.82, 2.24) is 29.5 Å². The number of thiazole rings is 1. The lowest BCUT2D eigenvalue weighted by molar-refractivity contribution is 0.0941. The molecule has 0 aliphatic rings. The van der Waals surface area contributed by atoms with E-state index in [1.165, 1.54) is 15.9 Å². The monoisotopic (exact) mass is 545 g/mol. The first kappa shape index (κ1) is 25.0. The molecule has 0 unspecified atom stereocenters. The highest BCUT2D eigenvalue weighted by Gasteiger charge is 2.24. The van der Waals surface area contributed by atoms with Gasteiger partial charge in [0.2, 0.25) is 0 Å². The lowest BCUT2D eigenvalue weighted by Gasteiger charge is -2.21. The number of carbonyl (C=O) groups is 1. The fourth-order valence-electron chi connectivity index (χ4n) is 4.64. The van der Waals surface area contributed by atoms with Gasteiger partial charge in [0.25, 0.3) is 11.5 Å². The Labute approximate surface area is 233 Å². The van der Waals surface area contributed by atoms with Crippen LogP contribution in [0.25, 0.3) is 22.1 Å². The zero-order valence-electron chi connectivity index (χ0n) is 21.6. The van der Waals surface area contributed by atoms with Gasteiger partial charge in [-0.05, 0) is 55.5 Å². The van der Waals surface area contributed by atoms with Crippen molar-refractivity contribution in [2.45, 2.75) is 19.9 Å². The molecule has 4 heterocycles. The SMILES string of the molecule is Cc1csc(C#Cc2cccc3cc([C@@H](C)NC(=O)c4c(N)nn5cccnc45)n(-c4ccccc4)c(=O)c23)n1. The number of aromatic nitrogens is 5. The molecule has 0 bridgehead atoms. The molecule has 0 aliphatic carbocycles. The molecule has 6 rings (SSSR count). The first-order chi connectivity index (χ1) is 19.4. The Bertz CT molecular complexity index is 2030. The number of nitrogen functional groups attached to an aromatic ring is 1. The number of amides is 1. The molecular weight excluding hydrogens is 522 g/mol. The molecule has 4 aromatic heterocycles. The number of aryl methyl sites for hydroxylation is 1. The summed E-state index contributed by atoms with van der Waals surface area (Å²) in [5.41, 5.74) is 9.13. The number of benzene rings is 2. The first-order valence-electron chi connectivity index (χ1n) is 12.5. The van der Waals surface area contributed by atoms with Crippen molar-refractivity contribution >= 4 is 39.5 Å². The molecule has 6 aromatic rings. The standard InChI is InChI=1S/C30H23N7O2S/c1-18-17-40-24(33-18)13-12-20-8-6-9-21-16-23(37(30(39)25(20)21)22-10-4-3-5-11-22)19(2)34-29(38)26-27(31)35-36-15-7-14-32-28(26)36/h3-11,14-17,19H,1-2H3,(H2,31,35)(H,34,38)/t19-/m1/s1. The first-order valence-corrected chi connectivity index (χ1v) is 13.4. The summed E-state index contributed by atoms with van der Waals surface area (Å²) in [7, 11) is 0. The zero-order chi connectivity index (χ0) is 27.8. The fraction of sp³-hybridized carbons (Fsp3) is 0.100. The molecule has 2 aromatic carbocycles. The van der Waals surface area contributed by atoms with Crippen LogP contribution < -0.4 is 16.6 Å². The second-order valence-electron chi connectivity index (χ2n) is 9.20. The maximum atomic E-state index is 14.2. The van der Waals surface area contributed by atoms with Crippen molar-refractivity contribution < 1.29 is 4.79 Å². The Morgan fingerprint density at radius 2 is 1.93 bits per heavy atom. The third-order valence-electron chi connectivity index (χ3n) is 6.45. The second-order valence-corrected chi connectivity index (χ2v) is 10.1. The van der Waals surface area contributed by atoms with E-state index in [1.807, 2.05) is 73.8 Å². The third kappa shape index (κ3) is 4.48. The minimum atomic E-state index is -0.573. The highest BCUT2D eigenvalue weighted by Crippen LogP contribution is 2.24. The predicted octanol–water partition coefficient (Wildman–Crippen LogP) is 4.27. The van der Waals surface area contributed by atoms with Gasteiger partial charge in [0, 0.05) is 40.4 Å². The Morgan fingerprint density at radius 1 is 1.10 bits per heavy atom. The molecule has 0 radical (unpaired) electrons. The van der Waals surface area contributed by atoms with Crippen molar-refractivity contribution in [3.63, 3.8) is 0 Å². The van der Waals surface area contributed by atoms with Crippen molar-refractivity contribution in [2.75, 3.05) is 5.73 Å². The molecule has 0 saturated heterocycles. The lowest BCUT2D eigenvalue weighted by atomic mass is 10.0. The average molecular weight is 546 g/mol. The van der Waals surface area contributed by atoms with Crippen LogP contribution in [-0.4, -0.2) is 30.1 Å². The molecule has 9 nitrogen and oxygen atoms in total. The number of hydrogen-bond acceptors (Lipinski definition) is 7. The zero-order valence-corrected chi connectivity index (χ0v) is 22.4. The maximum absolute atomic E-state index is 14.2. The van der Waals surface area contributed by atoms with Gasteiger partial charge in [-0.15, -0.1) is 16.4 Å². The molecule has 40 heavy (non-hydrogen) atoms. The van der Waals surface area contributed by atoms with E-state index in [9.17, 15) is 9.59 Å². The molecular formula is C30H23N7O2S. The molecule has 0 fully saturated rings. The van der Waals surface area contributed by atoms with E-state index < -0.39 is 11.9 Å². The number of rotatable bonds is 4. The van der Waals surface area contributed by atoms with E-state index in [0.717, 1.165) is 5.69 Å². The molecule has 0 saturated carbocycles. The highest BCUT2D eigenvalue weighted by molar-refractivity contribution is 7.10. The summed E-state index contributed by atoms with van der Waals surface area (Å²) in [6.45, 7) is 3.74. The van der Waals surface area contributed by atoms with E-state index in [0.29, 0.717) is 38.4 Å². The van der Waals surface area contributed by atoms with Gasteiger partial charge in [-0.1, -0.05) is 36.3 Å². The minimum Gasteiger partial charge on any atom is -0.381 e. The average Bonchev–Trinajstić information content (AvgIpc) is 3.53. The van der Waals surface area contributed by atoms with Crippen molar-refractivity contribution in [3.05, 3.63) is 116 Å². The van der Waals surface area contributed by atoms with Crippen LogP contribution in [0.2, 0.25) is 0 Å². The van der Waals surface area contributed by atoms with Crippen molar-refractivity contribution in [2.24, 2.45) is 0 Å². The van der Waals surface area contributed by atoms with Crippen LogP contribution in [0.3, 0.4) is 0 Å². The van der Waals surface area contributed by atoms with Crippen LogP contribution in [0.15, 0.2) is 83.2 Å². The number of nitrogens with one attached hydrogen (secondary N) is 1. The van der Waals surface area contributed by atoms with Crippen LogP contribution in [0.1, 0.15) is 45.3 Å². The van der Waals surface area contributed by atoms with E-state index in [4.69, 9.17) is 5.73 Å². The van der Waals surface area contributed by atoms with Gasteiger partial charge in [0.05, 0.1) is 11.4 Å². The number of fused-ring (bicyclic) bond motifs is 2. The number of carbonyl (C=O) groups excluding carboxylic acids is 1. The van der Waals surface area contributed by atoms with Crippen LogP contribution in [-0.2, 0) is 0 Å². The summed E-state index contributed by atoms with van der Waals surface area (Å²) in [5.74, 6) is 5.86. The summed E-state index contributed by atoms with van der Waals surface area (Å²) in [6.07, 6.45) is 3.24. The molecule has 1 atom stereocenters. The molecule has 1 amide bonds. The number of hydrogen-bond donors (Lipinski definition) is 2. The largest absolute Gasteiger partial charge is 0.381 e. The molecule has 0 aliphatic heterocycles. The van der Waals surface area contributed by atoms with Gasteiger partial charge in [-0.25, -0.2) is 14.5 Å². The summed E-state index contributed by atoms with van der Waals surface area (Å²) in [4.78, 5) is 36.2. The van der Waals surface area contributed by atoms with E-state index in [2.05, 4.69) is 32.2 Å². The number of para-hydroxylation sites is 1. The van der Waals surface area contributed by atoms with Crippen molar-refractivity contribution in [3.8, 4) is 17.5 Å². The quantitative estimate of drug-likeness (QED) is 0.319. The van der Waals surface area contributed by atoms with Gasteiger partial charge in [0.1, 0.15) is 5.56 Å². The number of nitrogens with zero attached hydrogens (tertiary/aromatic N) is 5. The van der Waals surface area contributed by atoms with Crippen LogP contribution >= 0.6 is 11.3 Å². The van der Waals surface area contributed by atoms with Gasteiger partial charge < -0.3 is 11.1 Å². The minimum absolute atomic E-state index is 0.0704. The van der Waals surface area contributed by atoms with Gasteiger partial charge in [0.15, 0.2) is 16.5 Å². The maximum Gasteiger partial charge on any atom is 0.264 e. The summed E-state index contributed by atoms with van der Waals surface area (Å²) in [5, 5.41) is 11.0. The summed E-state index contributed by atoms with van der Waals surface area (Å²) in [6, 6.07) is 17.9. The number of anilines is 1. The summed E-state index contributed by atoms with van der Waals surface area (Å²) < 4.78 is 3.07. The topological polar surface area (TPSA) is 120 Å². The lowest BCUT2D eigenvalue weighted by Crippen LogP contribution is -2.32. The van der Waals surface area contributed by atoms with Crippen LogP contribution in [0.4, 0.5) is 5.82 Å². The molecule has 10 heteroatoms. The summed E-state index contributed by atoms with van der Waals surface area (Å²) >= 11 is 1.46. The Morgan fingerprint density at radius 3 is 2.70 bits per heavy atom. The second kappa shape index (κ2) is 10.1. The van der Waals surface area contributed by atoms with Gasteiger partial charge in [-0.3, -0.25) is 14.2 Å². The Balaban J connectivity index is 1.48. The normalized spacial score (nSPS) is 11.8. The highest BCUT2D eigenvalue weighted by atomic mass is 32.1. The Hall–Kier alpha value is -5.27. The fourth-order valence-corrected chi connectivity index (χ4v) is 5.29. The van der Waals surface area contributed by atoms with Crippen LogP contribution in [0, 0.1) is 18.8 Å². The smallest absolute Gasteiger partial charge is 0.264 e. The van der Waals surface area contributed by atoms with E-state index in [1.54, 1.807) is 23.0 Å². The van der Waals surface area contributed by atoms with E-state index in [-0.39, 0.29) is 16.9 Å². The van der Waals surface area contributed by atoms with Crippen LogP contribution in [0.5, 0.6) is 0 Å². The molecule has 3 N–H and O–H groups in total. The van der Waals surface area contributed by atoms with Crippen molar-refractivity contribution in [1.29, 1.82) is 0 Å². The molecule has 196 valence electrons. The van der Waals surface area contributed by atoms with Gasteiger partial charge >= 0.3 is 0 Å². The molecule has 0 spiro atoms. The third-order valence-corrected chi connectivity index (χ3v) is 7.33. The van der Waals surface area contributed by atoms with E-state index >= 15 is 0 Å².